The van der Waals surface area contributed by atoms with Crippen molar-refractivity contribution in [3.05, 3.63) is 70.8 Å². The van der Waals surface area contributed by atoms with Gasteiger partial charge in [0, 0.05) is 0 Å². The highest BCUT2D eigenvalue weighted by molar-refractivity contribution is 6.20. The van der Waals surface area contributed by atoms with E-state index in [-0.39, 0.29) is 11.1 Å². The van der Waals surface area contributed by atoms with Crippen LogP contribution in [0.4, 0.5) is 0 Å². The number of hydrogen-bond donors (Lipinski definition) is 0. The van der Waals surface area contributed by atoms with Gasteiger partial charge in [-0.25, -0.2) is 4.79 Å². The zero-order valence-electron chi connectivity index (χ0n) is 15.1. The number of amides is 2. The summed E-state index contributed by atoms with van der Waals surface area (Å²) >= 11 is 0. The minimum atomic E-state index is -0.642. The van der Waals surface area contributed by atoms with Crippen LogP contribution >= 0.6 is 0 Å². The lowest BCUT2D eigenvalue weighted by Gasteiger charge is -2.17. The van der Waals surface area contributed by atoms with E-state index in [0.717, 1.165) is 12.0 Å². The van der Waals surface area contributed by atoms with Gasteiger partial charge in [0.2, 0.25) is 0 Å². The van der Waals surface area contributed by atoms with Crippen LogP contribution in [0, 0.1) is 5.92 Å². The topological polar surface area (TPSA) is 63.7 Å². The highest BCUT2D eigenvalue weighted by Gasteiger charge is 2.39. The number of benzene rings is 2. The number of hydrogen-bond acceptors (Lipinski definition) is 4. The monoisotopic (exact) mass is 351 g/mol. The summed E-state index contributed by atoms with van der Waals surface area (Å²) in [5.74, 6) is -1.91. The molecule has 0 aromatic heterocycles. The first-order chi connectivity index (χ1) is 12.4. The van der Waals surface area contributed by atoms with E-state index in [1.165, 1.54) is 5.56 Å². The predicted octanol–water partition coefficient (Wildman–Crippen LogP) is 3.74. The van der Waals surface area contributed by atoms with Crippen LogP contribution in [-0.2, 0) is 16.1 Å². The lowest BCUT2D eigenvalue weighted by atomic mass is 9.97. The molecule has 134 valence electrons. The first-order valence-corrected chi connectivity index (χ1v) is 8.67. The van der Waals surface area contributed by atoms with Crippen molar-refractivity contribution >= 4 is 17.8 Å². The molecule has 0 unspecified atom stereocenters. The lowest BCUT2D eigenvalue weighted by Crippen LogP contribution is -2.34. The molecule has 1 aliphatic rings. The molecule has 2 amide bonds. The Hall–Kier alpha value is -2.95. The summed E-state index contributed by atoms with van der Waals surface area (Å²) in [6, 6.07) is 14.1. The number of fused-ring (bicyclic) bond motifs is 1. The molecule has 0 fully saturated rings. The van der Waals surface area contributed by atoms with Gasteiger partial charge >= 0.3 is 5.97 Å². The first-order valence-electron chi connectivity index (χ1n) is 8.67. The van der Waals surface area contributed by atoms with Gasteiger partial charge < -0.3 is 4.84 Å². The van der Waals surface area contributed by atoms with Crippen molar-refractivity contribution in [2.24, 2.45) is 5.92 Å². The van der Waals surface area contributed by atoms with Gasteiger partial charge in [-0.05, 0) is 42.5 Å². The summed E-state index contributed by atoms with van der Waals surface area (Å²) in [5, 5.41) is 0.552. The number of rotatable bonds is 5. The van der Waals surface area contributed by atoms with E-state index in [1.807, 2.05) is 24.3 Å². The van der Waals surface area contributed by atoms with Crippen LogP contribution in [-0.4, -0.2) is 22.8 Å². The Balaban J connectivity index is 1.70. The number of carbonyl (C=O) groups is 3. The number of carbonyl (C=O) groups excluding carboxylic acids is 3. The molecule has 3 rings (SSSR count). The fraction of sp³-hybridized carbons (Fsp3) is 0.286. The first kappa shape index (κ1) is 17.9. The zero-order chi connectivity index (χ0) is 18.8. The number of nitrogens with zero attached hydrogens (tertiary/aromatic N) is 1. The van der Waals surface area contributed by atoms with Crippen LogP contribution in [0.15, 0.2) is 48.5 Å². The molecule has 1 aliphatic heterocycles. The van der Waals surface area contributed by atoms with Gasteiger partial charge in [0.15, 0.2) is 0 Å². The molecule has 5 heteroatoms. The van der Waals surface area contributed by atoms with Crippen molar-refractivity contribution in [2.75, 3.05) is 0 Å². The molecule has 1 heterocycles. The molecule has 26 heavy (non-hydrogen) atoms. The van der Waals surface area contributed by atoms with Crippen molar-refractivity contribution in [1.29, 1.82) is 0 Å². The van der Waals surface area contributed by atoms with Crippen LogP contribution < -0.4 is 0 Å². The molecule has 1 atom stereocenters. The van der Waals surface area contributed by atoms with Gasteiger partial charge in [0.25, 0.3) is 11.8 Å². The average Bonchev–Trinajstić information content (AvgIpc) is 2.86. The third-order valence-corrected chi connectivity index (χ3v) is 4.42. The maximum Gasteiger partial charge on any atom is 0.340 e. The molecule has 0 spiro atoms. The summed E-state index contributed by atoms with van der Waals surface area (Å²) in [6.45, 7) is 5.99. The fourth-order valence-electron chi connectivity index (χ4n) is 2.97. The van der Waals surface area contributed by atoms with Crippen LogP contribution in [0.3, 0.4) is 0 Å². The molecule has 0 radical (unpaired) electrons. The normalized spacial score (nSPS) is 14.5. The maximum absolute atomic E-state index is 12.4. The van der Waals surface area contributed by atoms with E-state index in [1.54, 1.807) is 31.2 Å². The van der Waals surface area contributed by atoms with Crippen molar-refractivity contribution in [3.63, 3.8) is 0 Å². The van der Waals surface area contributed by atoms with Gasteiger partial charge in [-0.2, -0.15) is 0 Å². The van der Waals surface area contributed by atoms with E-state index in [0.29, 0.717) is 11.0 Å². The third kappa shape index (κ3) is 3.38. The van der Waals surface area contributed by atoms with Crippen LogP contribution in [0.5, 0.6) is 0 Å². The summed E-state index contributed by atoms with van der Waals surface area (Å²) in [4.78, 5) is 42.1. The molecule has 2 aromatic rings. The van der Waals surface area contributed by atoms with Crippen molar-refractivity contribution < 1.29 is 19.2 Å². The third-order valence-electron chi connectivity index (χ3n) is 4.42. The average molecular weight is 351 g/mol. The van der Waals surface area contributed by atoms with E-state index >= 15 is 0 Å². The molecule has 0 saturated heterocycles. The summed E-state index contributed by atoms with van der Waals surface area (Å²) in [7, 11) is 0. The number of imide groups is 1. The number of hydroxylamine groups is 2. The van der Waals surface area contributed by atoms with Gasteiger partial charge in [-0.15, -0.1) is 0 Å². The van der Waals surface area contributed by atoms with E-state index in [2.05, 4.69) is 13.8 Å². The van der Waals surface area contributed by atoms with Gasteiger partial charge in [0.05, 0.1) is 17.0 Å². The van der Waals surface area contributed by atoms with Crippen molar-refractivity contribution in [1.82, 2.24) is 5.06 Å². The quantitative estimate of drug-likeness (QED) is 0.770. The standard InChI is InChI=1S/C21H21NO4/c1-13(2)12-15-8-10-16(11-9-15)14(3)21(25)26-22-19(23)17-6-4-5-7-18(17)20(22)24/h4-11,13-14H,12H2,1-3H3/t14-/m0/s1. The largest absolute Gasteiger partial charge is 0.340 e. The van der Waals surface area contributed by atoms with Crippen LogP contribution in [0.2, 0.25) is 0 Å². The highest BCUT2D eigenvalue weighted by atomic mass is 16.7. The summed E-state index contributed by atoms with van der Waals surface area (Å²) in [6.07, 6.45) is 0.966. The molecule has 0 bridgehead atoms. The van der Waals surface area contributed by atoms with Gasteiger partial charge in [-0.3, -0.25) is 9.59 Å². The van der Waals surface area contributed by atoms with E-state index in [9.17, 15) is 14.4 Å². The minimum absolute atomic E-state index is 0.246. The van der Waals surface area contributed by atoms with E-state index < -0.39 is 23.7 Å². The lowest BCUT2D eigenvalue weighted by molar-refractivity contribution is -0.170. The SMILES string of the molecule is CC(C)Cc1ccc([C@H](C)C(=O)ON2C(=O)c3ccccc3C2=O)cc1. The molecule has 5 nitrogen and oxygen atoms in total. The predicted molar refractivity (Wildman–Crippen MR) is 96.4 cm³/mol. The maximum atomic E-state index is 12.4. The van der Waals surface area contributed by atoms with Crippen molar-refractivity contribution in [2.45, 2.75) is 33.1 Å². The zero-order valence-corrected chi connectivity index (χ0v) is 15.1. The van der Waals surface area contributed by atoms with E-state index in [4.69, 9.17) is 4.84 Å². The van der Waals surface area contributed by atoms with Crippen molar-refractivity contribution in [3.8, 4) is 0 Å². The Labute approximate surface area is 152 Å². The molecular weight excluding hydrogens is 330 g/mol. The molecular formula is C21H21NO4. The Morgan fingerprint density at radius 3 is 1.96 bits per heavy atom. The fourth-order valence-corrected chi connectivity index (χ4v) is 2.97. The molecule has 0 saturated carbocycles. The molecule has 0 aliphatic carbocycles. The second kappa shape index (κ2) is 7.12. The second-order valence-electron chi connectivity index (χ2n) is 6.92. The summed E-state index contributed by atoms with van der Waals surface area (Å²) in [5.41, 5.74) is 2.47. The van der Waals surface area contributed by atoms with Gasteiger partial charge in [-0.1, -0.05) is 55.3 Å². The van der Waals surface area contributed by atoms with Crippen LogP contribution in [0.25, 0.3) is 0 Å². The highest BCUT2D eigenvalue weighted by Crippen LogP contribution is 2.25. The molecule has 0 N–H and O–H groups in total. The van der Waals surface area contributed by atoms with Crippen LogP contribution in [0.1, 0.15) is 58.5 Å². The Morgan fingerprint density at radius 1 is 0.923 bits per heavy atom. The Bertz CT molecular complexity index is 820. The Kier molecular flexibility index (Phi) is 4.89. The van der Waals surface area contributed by atoms with Gasteiger partial charge in [0.1, 0.15) is 0 Å². The smallest absolute Gasteiger partial charge is 0.329 e. The Morgan fingerprint density at radius 2 is 1.46 bits per heavy atom. The molecule has 2 aromatic carbocycles. The second-order valence-corrected chi connectivity index (χ2v) is 6.92. The summed E-state index contributed by atoms with van der Waals surface area (Å²) < 4.78 is 0. The minimum Gasteiger partial charge on any atom is -0.329 e.